The summed E-state index contributed by atoms with van der Waals surface area (Å²) in [5, 5.41) is 10.7. The fourth-order valence-electron chi connectivity index (χ4n) is 3.30. The molecule has 0 radical (unpaired) electrons. The molecule has 0 bridgehead atoms. The molecule has 0 saturated carbocycles. The monoisotopic (exact) mass is 261 g/mol. The van der Waals surface area contributed by atoms with Crippen molar-refractivity contribution in [2.45, 2.75) is 61.6 Å². The van der Waals surface area contributed by atoms with Crippen LogP contribution in [0.5, 0.6) is 0 Å². The fourth-order valence-corrected chi connectivity index (χ4v) is 3.30. The lowest BCUT2D eigenvalue weighted by molar-refractivity contribution is -0.188. The molecular formula is C15H32FNO. The second-order valence-electron chi connectivity index (χ2n) is 7.64. The number of hydrogen-bond donors (Lipinski definition) is 1. The van der Waals surface area contributed by atoms with E-state index in [0.29, 0.717) is 17.0 Å². The summed E-state index contributed by atoms with van der Waals surface area (Å²) in [6.07, 6.45) is -1.07. The summed E-state index contributed by atoms with van der Waals surface area (Å²) in [5.41, 5.74) is -0.307. The highest BCUT2D eigenvalue weighted by Gasteiger charge is 2.47. The van der Waals surface area contributed by atoms with Gasteiger partial charge in [-0.05, 0) is 22.7 Å². The summed E-state index contributed by atoms with van der Waals surface area (Å²) in [6.45, 7) is 17.0. The number of rotatable bonds is 5. The van der Waals surface area contributed by atoms with Crippen molar-refractivity contribution in [3.8, 4) is 0 Å². The van der Waals surface area contributed by atoms with E-state index in [1.165, 1.54) is 7.05 Å². The number of aliphatic hydroxyl groups is 1. The van der Waals surface area contributed by atoms with Crippen molar-refractivity contribution in [2.75, 3.05) is 7.05 Å². The first kappa shape index (κ1) is 17.8. The minimum atomic E-state index is -1.07. The van der Waals surface area contributed by atoms with Crippen LogP contribution in [0.2, 0.25) is 0 Å². The molecule has 0 aliphatic rings. The number of nitrogens with zero attached hydrogens (tertiary/aromatic N) is 1. The van der Waals surface area contributed by atoms with Gasteiger partial charge in [0.25, 0.3) is 0 Å². The molecule has 2 nitrogen and oxygen atoms in total. The molecule has 0 heterocycles. The van der Waals surface area contributed by atoms with Crippen molar-refractivity contribution in [2.24, 2.45) is 28.6 Å². The standard InChI is InChI=1S/C15H32FNO/c1-10(2)11(3)15(7,8)12(14(4,5)6)13(18)17(9)16/h10-13,18H,1-9H3. The van der Waals surface area contributed by atoms with E-state index >= 15 is 0 Å². The Morgan fingerprint density at radius 3 is 1.61 bits per heavy atom. The van der Waals surface area contributed by atoms with Crippen LogP contribution >= 0.6 is 0 Å². The topological polar surface area (TPSA) is 23.5 Å². The molecule has 18 heavy (non-hydrogen) atoms. The average Bonchev–Trinajstić information content (AvgIpc) is 2.13. The lowest BCUT2D eigenvalue weighted by Crippen LogP contribution is -2.50. The van der Waals surface area contributed by atoms with E-state index in [2.05, 4.69) is 55.4 Å². The molecule has 0 aromatic heterocycles. The molecule has 0 aromatic rings. The van der Waals surface area contributed by atoms with Crippen LogP contribution in [0.3, 0.4) is 0 Å². The third-order valence-electron chi connectivity index (χ3n) is 4.57. The van der Waals surface area contributed by atoms with Crippen LogP contribution < -0.4 is 0 Å². The van der Waals surface area contributed by atoms with Crippen LogP contribution in [0.1, 0.15) is 55.4 Å². The molecule has 0 rings (SSSR count). The van der Waals surface area contributed by atoms with Crippen molar-refractivity contribution in [3.63, 3.8) is 0 Å². The van der Waals surface area contributed by atoms with E-state index < -0.39 is 6.23 Å². The van der Waals surface area contributed by atoms with E-state index in [4.69, 9.17) is 0 Å². The first-order valence-electron chi connectivity index (χ1n) is 6.90. The van der Waals surface area contributed by atoms with Crippen LogP contribution in [0, 0.1) is 28.6 Å². The summed E-state index contributed by atoms with van der Waals surface area (Å²) in [5.74, 6) is 0.760. The number of aliphatic hydroxyl groups excluding tert-OH is 1. The third kappa shape index (κ3) is 3.92. The number of halogens is 1. The highest BCUT2D eigenvalue weighted by Crippen LogP contribution is 2.49. The maximum atomic E-state index is 13.5. The van der Waals surface area contributed by atoms with Gasteiger partial charge in [0, 0.05) is 13.0 Å². The van der Waals surface area contributed by atoms with Crippen LogP contribution in [-0.2, 0) is 0 Å². The first-order chi connectivity index (χ1) is 7.83. The van der Waals surface area contributed by atoms with Gasteiger partial charge in [-0.3, -0.25) is 0 Å². The highest BCUT2D eigenvalue weighted by atomic mass is 19.2. The fraction of sp³-hybridized carbons (Fsp3) is 1.00. The molecule has 0 fully saturated rings. The summed E-state index contributed by atoms with van der Waals surface area (Å²) in [4.78, 5) is 0. The van der Waals surface area contributed by atoms with Crippen LogP contribution in [0.25, 0.3) is 0 Å². The molecule has 3 heteroatoms. The lowest BCUT2D eigenvalue weighted by Gasteiger charge is -2.50. The number of hydrogen-bond acceptors (Lipinski definition) is 2. The summed E-state index contributed by atoms with van der Waals surface area (Å²) < 4.78 is 13.5. The van der Waals surface area contributed by atoms with Gasteiger partial charge in [0.2, 0.25) is 0 Å². The van der Waals surface area contributed by atoms with Crippen molar-refractivity contribution in [1.29, 1.82) is 0 Å². The van der Waals surface area contributed by atoms with Gasteiger partial charge >= 0.3 is 0 Å². The zero-order chi connectivity index (χ0) is 14.9. The Morgan fingerprint density at radius 2 is 1.39 bits per heavy atom. The minimum Gasteiger partial charge on any atom is -0.376 e. The molecule has 0 spiro atoms. The summed E-state index contributed by atoms with van der Waals surface area (Å²) in [6, 6.07) is 0. The summed E-state index contributed by atoms with van der Waals surface area (Å²) in [7, 11) is 1.29. The third-order valence-corrected chi connectivity index (χ3v) is 4.57. The Balaban J connectivity index is 5.45. The van der Waals surface area contributed by atoms with Gasteiger partial charge in [-0.25, -0.2) is 0 Å². The zero-order valence-electron chi connectivity index (χ0n) is 13.6. The maximum Gasteiger partial charge on any atom is 0.138 e. The lowest BCUT2D eigenvalue weighted by atomic mass is 9.58. The second-order valence-corrected chi connectivity index (χ2v) is 7.64. The molecule has 110 valence electrons. The minimum absolute atomic E-state index is 0.141. The van der Waals surface area contributed by atoms with Crippen LogP contribution in [-0.4, -0.2) is 23.5 Å². The van der Waals surface area contributed by atoms with Gasteiger partial charge in [0.15, 0.2) is 0 Å². The molecule has 0 amide bonds. The van der Waals surface area contributed by atoms with Crippen molar-refractivity contribution < 1.29 is 9.59 Å². The highest BCUT2D eigenvalue weighted by molar-refractivity contribution is 4.93. The van der Waals surface area contributed by atoms with E-state index in [0.717, 1.165) is 0 Å². The Kier molecular flexibility index (Phi) is 5.82. The SMILES string of the molecule is CC(C)C(C)C(C)(C)C(C(O)N(C)F)C(C)(C)C. The van der Waals surface area contributed by atoms with E-state index in [9.17, 15) is 9.59 Å². The molecule has 0 aliphatic carbocycles. The predicted octanol–water partition coefficient (Wildman–Crippen LogP) is 4.10. The summed E-state index contributed by atoms with van der Waals surface area (Å²) >= 11 is 0. The Bertz CT molecular complexity index is 256. The maximum absolute atomic E-state index is 13.5. The molecule has 0 aromatic carbocycles. The van der Waals surface area contributed by atoms with Crippen molar-refractivity contribution >= 4 is 0 Å². The Morgan fingerprint density at radius 1 is 1.00 bits per heavy atom. The Hall–Kier alpha value is -0.150. The van der Waals surface area contributed by atoms with Crippen LogP contribution in [0.4, 0.5) is 4.48 Å². The average molecular weight is 261 g/mol. The molecule has 1 N–H and O–H groups in total. The van der Waals surface area contributed by atoms with E-state index in [-0.39, 0.29) is 16.7 Å². The molecule has 3 unspecified atom stereocenters. The smallest absolute Gasteiger partial charge is 0.138 e. The van der Waals surface area contributed by atoms with Crippen molar-refractivity contribution in [3.05, 3.63) is 0 Å². The normalized spacial score (nSPS) is 19.2. The molecule has 0 saturated heterocycles. The largest absolute Gasteiger partial charge is 0.376 e. The molecule has 3 atom stereocenters. The molecular weight excluding hydrogens is 229 g/mol. The van der Waals surface area contributed by atoms with Gasteiger partial charge < -0.3 is 5.11 Å². The van der Waals surface area contributed by atoms with Gasteiger partial charge in [0.05, 0.1) is 0 Å². The van der Waals surface area contributed by atoms with Crippen LogP contribution in [0.15, 0.2) is 0 Å². The van der Waals surface area contributed by atoms with Gasteiger partial charge in [-0.15, -0.1) is 9.60 Å². The van der Waals surface area contributed by atoms with E-state index in [1.807, 2.05) is 0 Å². The molecule has 0 aliphatic heterocycles. The van der Waals surface area contributed by atoms with E-state index in [1.54, 1.807) is 0 Å². The van der Waals surface area contributed by atoms with Crippen molar-refractivity contribution in [1.82, 2.24) is 5.12 Å². The van der Waals surface area contributed by atoms with Gasteiger partial charge in [0.1, 0.15) is 6.23 Å². The second kappa shape index (κ2) is 5.87. The van der Waals surface area contributed by atoms with Gasteiger partial charge in [-0.1, -0.05) is 55.4 Å². The first-order valence-corrected chi connectivity index (χ1v) is 6.90. The quantitative estimate of drug-likeness (QED) is 0.595. The predicted molar refractivity (Wildman–Crippen MR) is 75.6 cm³/mol. The Labute approximate surface area is 113 Å². The van der Waals surface area contributed by atoms with Gasteiger partial charge in [-0.2, -0.15) is 0 Å². The zero-order valence-corrected chi connectivity index (χ0v) is 13.6.